The summed E-state index contributed by atoms with van der Waals surface area (Å²) in [4.78, 5) is 5.73. The number of hydrogen-bond donors (Lipinski definition) is 0. The van der Waals surface area contributed by atoms with Gasteiger partial charge in [0.2, 0.25) is 0 Å². The largest absolute Gasteiger partial charge is 0.250 e. The van der Waals surface area contributed by atoms with Crippen LogP contribution in [0.3, 0.4) is 0 Å². The van der Waals surface area contributed by atoms with Gasteiger partial charge in [0, 0.05) is 11.1 Å². The van der Waals surface area contributed by atoms with Crippen LogP contribution in [-0.4, -0.2) is 4.98 Å². The predicted molar refractivity (Wildman–Crippen MR) is 83.0 cm³/mol. The van der Waals surface area contributed by atoms with Crippen molar-refractivity contribution in [3.05, 3.63) is 78.0 Å². The quantitative estimate of drug-likeness (QED) is 0.521. The van der Waals surface area contributed by atoms with Gasteiger partial charge in [-0.2, -0.15) is 0 Å². The number of benzene rings is 2. The molecule has 1 aliphatic rings. The standard InChI is InChI=1S/C18H13NS/c1-2-7-14-13(6-1)12-16-15(14)8-5-9-17(16)20-18-10-3-4-11-19-18/h1-11H,12H2. The number of fused-ring (bicyclic) bond motifs is 3. The Balaban J connectivity index is 1.78. The first kappa shape index (κ1) is 11.7. The van der Waals surface area contributed by atoms with Gasteiger partial charge in [0.15, 0.2) is 0 Å². The van der Waals surface area contributed by atoms with Gasteiger partial charge in [-0.3, -0.25) is 0 Å². The highest BCUT2D eigenvalue weighted by Gasteiger charge is 2.20. The molecule has 0 aliphatic heterocycles. The summed E-state index contributed by atoms with van der Waals surface area (Å²) in [5, 5.41) is 1.05. The third-order valence-electron chi connectivity index (χ3n) is 3.66. The van der Waals surface area contributed by atoms with Crippen LogP contribution in [0.5, 0.6) is 0 Å². The summed E-state index contributed by atoms with van der Waals surface area (Å²) >= 11 is 1.75. The number of hydrogen-bond acceptors (Lipinski definition) is 2. The van der Waals surface area contributed by atoms with E-state index in [1.807, 2.05) is 18.3 Å². The van der Waals surface area contributed by atoms with Gasteiger partial charge in [0.05, 0.1) is 0 Å². The number of aromatic nitrogens is 1. The SMILES string of the molecule is c1ccc(Sc2cccc3c2Cc2ccccc2-3)nc1. The molecule has 1 aromatic heterocycles. The van der Waals surface area contributed by atoms with E-state index < -0.39 is 0 Å². The molecule has 0 saturated carbocycles. The van der Waals surface area contributed by atoms with Gasteiger partial charge in [-0.15, -0.1) is 0 Å². The third-order valence-corrected chi connectivity index (χ3v) is 4.71. The minimum atomic E-state index is 1.03. The van der Waals surface area contributed by atoms with E-state index in [0.717, 1.165) is 11.4 Å². The molecule has 20 heavy (non-hydrogen) atoms. The summed E-state index contributed by atoms with van der Waals surface area (Å²) in [5.74, 6) is 0. The Bertz CT molecular complexity index is 765. The Labute approximate surface area is 122 Å². The molecule has 1 heterocycles. The van der Waals surface area contributed by atoms with Crippen molar-refractivity contribution in [3.8, 4) is 11.1 Å². The average molecular weight is 275 g/mol. The molecule has 2 aromatic carbocycles. The maximum absolute atomic E-state index is 4.41. The van der Waals surface area contributed by atoms with E-state index >= 15 is 0 Å². The van der Waals surface area contributed by atoms with Gasteiger partial charge in [-0.25, -0.2) is 4.98 Å². The Kier molecular flexibility index (Phi) is 2.82. The minimum absolute atomic E-state index is 1.03. The molecule has 0 saturated heterocycles. The molecule has 3 aromatic rings. The summed E-state index contributed by atoms with van der Waals surface area (Å²) in [6, 6.07) is 21.3. The zero-order valence-electron chi connectivity index (χ0n) is 10.9. The first-order chi connectivity index (χ1) is 9.92. The van der Waals surface area contributed by atoms with Crippen LogP contribution in [0.2, 0.25) is 0 Å². The van der Waals surface area contributed by atoms with Crippen LogP contribution in [0, 0.1) is 0 Å². The van der Waals surface area contributed by atoms with E-state index in [1.165, 1.54) is 27.1 Å². The Morgan fingerprint density at radius 1 is 0.800 bits per heavy atom. The van der Waals surface area contributed by atoms with Gasteiger partial charge >= 0.3 is 0 Å². The minimum Gasteiger partial charge on any atom is -0.250 e. The molecule has 96 valence electrons. The lowest BCUT2D eigenvalue weighted by molar-refractivity contribution is 1.12. The molecule has 4 rings (SSSR count). The monoisotopic (exact) mass is 275 g/mol. The fraction of sp³-hybridized carbons (Fsp3) is 0.0556. The summed E-state index contributed by atoms with van der Waals surface area (Å²) in [7, 11) is 0. The van der Waals surface area contributed by atoms with Gasteiger partial charge in [0.1, 0.15) is 5.03 Å². The maximum atomic E-state index is 4.41. The highest BCUT2D eigenvalue weighted by atomic mass is 32.2. The van der Waals surface area contributed by atoms with Crippen molar-refractivity contribution < 1.29 is 0 Å². The molecule has 0 fully saturated rings. The van der Waals surface area contributed by atoms with Crippen LogP contribution >= 0.6 is 11.8 Å². The van der Waals surface area contributed by atoms with Gasteiger partial charge in [0.25, 0.3) is 0 Å². The van der Waals surface area contributed by atoms with Crippen LogP contribution in [-0.2, 0) is 6.42 Å². The zero-order valence-corrected chi connectivity index (χ0v) is 11.7. The molecule has 1 aliphatic carbocycles. The van der Waals surface area contributed by atoms with E-state index in [0.29, 0.717) is 0 Å². The smallest absolute Gasteiger partial charge is 0.101 e. The third kappa shape index (κ3) is 1.93. The van der Waals surface area contributed by atoms with Gasteiger partial charge < -0.3 is 0 Å². The predicted octanol–water partition coefficient (Wildman–Crippen LogP) is 4.80. The van der Waals surface area contributed by atoms with Crippen LogP contribution in [0.15, 0.2) is 76.8 Å². The lowest BCUT2D eigenvalue weighted by atomic mass is 10.1. The highest BCUT2D eigenvalue weighted by molar-refractivity contribution is 7.99. The van der Waals surface area contributed by atoms with E-state index in [-0.39, 0.29) is 0 Å². The van der Waals surface area contributed by atoms with Crippen LogP contribution in [0.1, 0.15) is 11.1 Å². The molecule has 0 N–H and O–H groups in total. The number of pyridine rings is 1. The molecule has 0 radical (unpaired) electrons. The normalized spacial score (nSPS) is 12.0. The first-order valence-corrected chi connectivity index (χ1v) is 7.52. The second kappa shape index (κ2) is 4.80. The molecule has 2 heteroatoms. The lowest BCUT2D eigenvalue weighted by Gasteiger charge is -2.07. The van der Waals surface area contributed by atoms with Crippen molar-refractivity contribution in [1.29, 1.82) is 0 Å². The second-order valence-corrected chi connectivity index (χ2v) is 5.95. The van der Waals surface area contributed by atoms with Crippen LogP contribution < -0.4 is 0 Å². The summed E-state index contributed by atoms with van der Waals surface area (Å²) in [5.41, 5.74) is 5.62. The molecule has 0 atom stereocenters. The van der Waals surface area contributed by atoms with Crippen molar-refractivity contribution in [2.24, 2.45) is 0 Å². The van der Waals surface area contributed by atoms with E-state index in [4.69, 9.17) is 0 Å². The number of nitrogens with zero attached hydrogens (tertiary/aromatic N) is 1. The van der Waals surface area contributed by atoms with Crippen LogP contribution in [0.4, 0.5) is 0 Å². The van der Waals surface area contributed by atoms with E-state index in [1.54, 1.807) is 11.8 Å². The molecular formula is C18H13NS. The molecule has 0 unspecified atom stereocenters. The summed E-state index contributed by atoms with van der Waals surface area (Å²) in [6.45, 7) is 0. The van der Waals surface area contributed by atoms with Crippen LogP contribution in [0.25, 0.3) is 11.1 Å². The lowest BCUT2D eigenvalue weighted by Crippen LogP contribution is -1.86. The topological polar surface area (TPSA) is 12.9 Å². The molecule has 0 spiro atoms. The molecule has 1 nitrogen and oxygen atoms in total. The van der Waals surface area contributed by atoms with Gasteiger partial charge in [-0.05, 0) is 46.9 Å². The first-order valence-electron chi connectivity index (χ1n) is 6.71. The van der Waals surface area contributed by atoms with Crippen molar-refractivity contribution >= 4 is 11.8 Å². The van der Waals surface area contributed by atoms with E-state index in [9.17, 15) is 0 Å². The summed E-state index contributed by atoms with van der Waals surface area (Å²) < 4.78 is 0. The Morgan fingerprint density at radius 3 is 2.55 bits per heavy atom. The molecular weight excluding hydrogens is 262 g/mol. The highest BCUT2D eigenvalue weighted by Crippen LogP contribution is 2.42. The van der Waals surface area contributed by atoms with Crippen molar-refractivity contribution in [2.75, 3.05) is 0 Å². The Hall–Kier alpha value is -2.06. The Morgan fingerprint density at radius 2 is 1.65 bits per heavy atom. The molecule has 0 bridgehead atoms. The van der Waals surface area contributed by atoms with Crippen molar-refractivity contribution in [2.45, 2.75) is 16.3 Å². The van der Waals surface area contributed by atoms with E-state index in [2.05, 4.69) is 53.5 Å². The number of rotatable bonds is 2. The molecule has 0 amide bonds. The average Bonchev–Trinajstić information content (AvgIpc) is 2.88. The zero-order chi connectivity index (χ0) is 13.4. The van der Waals surface area contributed by atoms with Gasteiger partial charge in [-0.1, -0.05) is 54.2 Å². The maximum Gasteiger partial charge on any atom is 0.101 e. The fourth-order valence-corrected chi connectivity index (χ4v) is 3.68. The summed E-state index contributed by atoms with van der Waals surface area (Å²) in [6.07, 6.45) is 2.88. The fourth-order valence-electron chi connectivity index (χ4n) is 2.74. The van der Waals surface area contributed by atoms with Crippen molar-refractivity contribution in [3.63, 3.8) is 0 Å². The second-order valence-electron chi connectivity index (χ2n) is 4.89. The van der Waals surface area contributed by atoms with Crippen molar-refractivity contribution in [1.82, 2.24) is 4.98 Å².